The van der Waals surface area contributed by atoms with E-state index in [0.29, 0.717) is 11.8 Å². The molecule has 2 nitrogen and oxygen atoms in total. The van der Waals surface area contributed by atoms with E-state index in [9.17, 15) is 5.11 Å². The standard InChI is InChI=1S/C14H23NO/c1-4-10-15(6-3)14(5-2)12-8-7-9-13(16)11-12/h7-9,11,14,16H,4-6,10H2,1-3H3. The van der Waals surface area contributed by atoms with Crippen LogP contribution in [-0.2, 0) is 0 Å². The van der Waals surface area contributed by atoms with Crippen LogP contribution in [0.4, 0.5) is 0 Å². The van der Waals surface area contributed by atoms with E-state index in [-0.39, 0.29) is 0 Å². The van der Waals surface area contributed by atoms with E-state index in [4.69, 9.17) is 0 Å². The van der Waals surface area contributed by atoms with Gasteiger partial charge in [-0.25, -0.2) is 0 Å². The molecule has 0 aliphatic heterocycles. The van der Waals surface area contributed by atoms with Crippen molar-refractivity contribution in [1.82, 2.24) is 4.90 Å². The Balaban J connectivity index is 2.87. The smallest absolute Gasteiger partial charge is 0.115 e. The maximum Gasteiger partial charge on any atom is 0.115 e. The van der Waals surface area contributed by atoms with Crippen molar-refractivity contribution in [3.05, 3.63) is 29.8 Å². The van der Waals surface area contributed by atoms with Crippen molar-refractivity contribution < 1.29 is 5.11 Å². The van der Waals surface area contributed by atoms with Crippen molar-refractivity contribution >= 4 is 0 Å². The zero-order chi connectivity index (χ0) is 12.0. The van der Waals surface area contributed by atoms with E-state index < -0.39 is 0 Å². The number of benzene rings is 1. The third-order valence-electron chi connectivity index (χ3n) is 3.00. The van der Waals surface area contributed by atoms with Crippen molar-refractivity contribution in [2.45, 2.75) is 39.7 Å². The highest BCUT2D eigenvalue weighted by Crippen LogP contribution is 2.26. The van der Waals surface area contributed by atoms with E-state index in [2.05, 4.69) is 31.7 Å². The van der Waals surface area contributed by atoms with Gasteiger partial charge >= 0.3 is 0 Å². The molecule has 2 heteroatoms. The molecule has 1 aromatic carbocycles. The number of nitrogens with zero attached hydrogens (tertiary/aromatic N) is 1. The topological polar surface area (TPSA) is 23.5 Å². The second-order valence-corrected chi connectivity index (χ2v) is 4.15. The highest BCUT2D eigenvalue weighted by atomic mass is 16.3. The first-order valence-electron chi connectivity index (χ1n) is 6.25. The highest BCUT2D eigenvalue weighted by molar-refractivity contribution is 5.29. The van der Waals surface area contributed by atoms with Crippen molar-refractivity contribution in [1.29, 1.82) is 0 Å². The second kappa shape index (κ2) is 6.54. The lowest BCUT2D eigenvalue weighted by molar-refractivity contribution is 0.202. The fourth-order valence-corrected chi connectivity index (χ4v) is 2.26. The summed E-state index contributed by atoms with van der Waals surface area (Å²) < 4.78 is 0. The Morgan fingerprint density at radius 2 is 2.00 bits per heavy atom. The predicted molar refractivity (Wildman–Crippen MR) is 68.7 cm³/mol. The van der Waals surface area contributed by atoms with Crippen LogP contribution in [0, 0.1) is 0 Å². The Bertz CT molecular complexity index is 311. The zero-order valence-electron chi connectivity index (χ0n) is 10.6. The SMILES string of the molecule is CCCN(CC)C(CC)c1cccc(O)c1. The normalized spacial score (nSPS) is 13.0. The summed E-state index contributed by atoms with van der Waals surface area (Å²) in [6.45, 7) is 8.78. The van der Waals surface area contributed by atoms with Gasteiger partial charge in [-0.3, -0.25) is 4.90 Å². The van der Waals surface area contributed by atoms with Crippen molar-refractivity contribution in [3.8, 4) is 5.75 Å². The minimum absolute atomic E-state index is 0.364. The lowest BCUT2D eigenvalue weighted by Gasteiger charge is -2.30. The van der Waals surface area contributed by atoms with E-state index in [1.54, 1.807) is 6.07 Å². The van der Waals surface area contributed by atoms with Gasteiger partial charge in [0.05, 0.1) is 0 Å². The Kier molecular flexibility index (Phi) is 5.33. The molecule has 0 radical (unpaired) electrons. The van der Waals surface area contributed by atoms with E-state index >= 15 is 0 Å². The second-order valence-electron chi connectivity index (χ2n) is 4.15. The summed E-state index contributed by atoms with van der Waals surface area (Å²) in [5, 5.41) is 9.52. The predicted octanol–water partition coefficient (Wildman–Crippen LogP) is 3.58. The first-order chi connectivity index (χ1) is 7.72. The summed E-state index contributed by atoms with van der Waals surface area (Å²) in [4.78, 5) is 2.47. The number of aromatic hydroxyl groups is 1. The molecule has 0 aliphatic rings. The lowest BCUT2D eigenvalue weighted by atomic mass is 10.0. The van der Waals surface area contributed by atoms with Gasteiger partial charge < -0.3 is 5.11 Å². The van der Waals surface area contributed by atoms with Gasteiger partial charge in [0.25, 0.3) is 0 Å². The van der Waals surface area contributed by atoms with Gasteiger partial charge in [-0.05, 0) is 43.6 Å². The Morgan fingerprint density at radius 1 is 1.25 bits per heavy atom. The number of hydrogen-bond donors (Lipinski definition) is 1. The summed E-state index contributed by atoms with van der Waals surface area (Å²) >= 11 is 0. The maximum absolute atomic E-state index is 9.52. The lowest BCUT2D eigenvalue weighted by Crippen LogP contribution is -2.29. The molecule has 1 atom stereocenters. The van der Waals surface area contributed by atoms with Gasteiger partial charge in [-0.2, -0.15) is 0 Å². The van der Waals surface area contributed by atoms with Gasteiger partial charge in [0, 0.05) is 6.04 Å². The molecule has 0 saturated carbocycles. The third kappa shape index (κ3) is 3.24. The monoisotopic (exact) mass is 221 g/mol. The molecule has 0 spiro atoms. The summed E-state index contributed by atoms with van der Waals surface area (Å²) in [7, 11) is 0. The van der Waals surface area contributed by atoms with Crippen LogP contribution < -0.4 is 0 Å². The van der Waals surface area contributed by atoms with Crippen LogP contribution in [0.25, 0.3) is 0 Å². The molecule has 0 saturated heterocycles. The molecule has 90 valence electrons. The molecular formula is C14H23NO. The number of phenolic OH excluding ortho intramolecular Hbond substituents is 1. The van der Waals surface area contributed by atoms with Gasteiger partial charge in [0.1, 0.15) is 5.75 Å². The molecule has 1 rings (SSSR count). The molecule has 0 heterocycles. The number of hydrogen-bond acceptors (Lipinski definition) is 2. The van der Waals surface area contributed by atoms with Crippen molar-refractivity contribution in [3.63, 3.8) is 0 Å². The molecule has 16 heavy (non-hydrogen) atoms. The fraction of sp³-hybridized carbons (Fsp3) is 0.571. The summed E-state index contributed by atoms with van der Waals surface area (Å²) in [6.07, 6.45) is 2.25. The average Bonchev–Trinajstić information content (AvgIpc) is 2.29. The van der Waals surface area contributed by atoms with Crippen LogP contribution in [-0.4, -0.2) is 23.1 Å². The number of rotatable bonds is 6. The van der Waals surface area contributed by atoms with Gasteiger partial charge in [0.2, 0.25) is 0 Å². The zero-order valence-corrected chi connectivity index (χ0v) is 10.6. The minimum Gasteiger partial charge on any atom is -0.508 e. The first kappa shape index (κ1) is 13.0. The molecule has 0 amide bonds. The van der Waals surface area contributed by atoms with Crippen molar-refractivity contribution in [2.24, 2.45) is 0 Å². The number of phenols is 1. The summed E-state index contributed by atoms with van der Waals surface area (Å²) in [6, 6.07) is 8.06. The Morgan fingerprint density at radius 3 is 2.50 bits per heavy atom. The highest BCUT2D eigenvalue weighted by Gasteiger charge is 2.16. The third-order valence-corrected chi connectivity index (χ3v) is 3.00. The molecule has 0 bridgehead atoms. The van der Waals surface area contributed by atoms with Gasteiger partial charge in [-0.1, -0.05) is 32.9 Å². The van der Waals surface area contributed by atoms with Crippen LogP contribution in [0.2, 0.25) is 0 Å². The van der Waals surface area contributed by atoms with Gasteiger partial charge in [0.15, 0.2) is 0 Å². The fourth-order valence-electron chi connectivity index (χ4n) is 2.26. The molecule has 1 N–H and O–H groups in total. The van der Waals surface area contributed by atoms with Crippen LogP contribution in [0.15, 0.2) is 24.3 Å². The molecular weight excluding hydrogens is 198 g/mol. The summed E-state index contributed by atoms with van der Waals surface area (Å²) in [5.74, 6) is 0.364. The quantitative estimate of drug-likeness (QED) is 0.793. The van der Waals surface area contributed by atoms with Gasteiger partial charge in [-0.15, -0.1) is 0 Å². The molecule has 0 aromatic heterocycles. The Labute approximate surface area is 98.9 Å². The largest absolute Gasteiger partial charge is 0.508 e. The summed E-state index contributed by atoms with van der Waals surface area (Å²) in [5.41, 5.74) is 1.22. The van der Waals surface area contributed by atoms with E-state index in [1.807, 2.05) is 12.1 Å². The molecule has 1 aromatic rings. The molecule has 1 unspecified atom stereocenters. The minimum atomic E-state index is 0.364. The van der Waals surface area contributed by atoms with Crippen LogP contribution in [0.3, 0.4) is 0 Å². The van der Waals surface area contributed by atoms with Crippen molar-refractivity contribution in [2.75, 3.05) is 13.1 Å². The van der Waals surface area contributed by atoms with Crippen LogP contribution >= 0.6 is 0 Å². The van der Waals surface area contributed by atoms with E-state index in [1.165, 1.54) is 12.0 Å². The van der Waals surface area contributed by atoms with E-state index in [0.717, 1.165) is 19.5 Å². The molecule has 0 aliphatic carbocycles. The maximum atomic E-state index is 9.52. The average molecular weight is 221 g/mol. The Hall–Kier alpha value is -1.02. The van der Waals surface area contributed by atoms with Crippen LogP contribution in [0.1, 0.15) is 45.2 Å². The first-order valence-corrected chi connectivity index (χ1v) is 6.25. The van der Waals surface area contributed by atoms with Crippen LogP contribution in [0.5, 0.6) is 5.75 Å². The molecule has 0 fully saturated rings.